The fraction of sp³-hybridized carbons (Fsp3) is 0.240. The molecular formula is C25H24ClFN4O3S2. The van der Waals surface area contributed by atoms with Crippen LogP contribution in [0.3, 0.4) is 0 Å². The Morgan fingerprint density at radius 1 is 1.22 bits per heavy atom. The average Bonchev–Trinajstić information content (AvgIpc) is 3.37. The molecule has 2 N–H and O–H groups in total. The first-order chi connectivity index (χ1) is 17.2. The van der Waals surface area contributed by atoms with E-state index < -0.39 is 15.8 Å². The van der Waals surface area contributed by atoms with Crippen molar-refractivity contribution < 1.29 is 17.6 Å². The highest BCUT2D eigenvalue weighted by molar-refractivity contribution is 7.93. The molecule has 0 radical (unpaired) electrons. The van der Waals surface area contributed by atoms with Gasteiger partial charge in [0, 0.05) is 24.7 Å². The maximum absolute atomic E-state index is 14.3. The summed E-state index contributed by atoms with van der Waals surface area (Å²) in [5.74, 6) is -0.826. The molecular weight excluding hydrogens is 523 g/mol. The summed E-state index contributed by atoms with van der Waals surface area (Å²) in [6.07, 6.45) is 4.40. The standard InChI is InChI=1S/C25H24ClFN4O3S2/c1-2-19(23(28)22-20(26)4-3-5-21(22)27)24(32)31-13-10-17(11-14-31)16-6-8-18(9-7-16)36(33,34)30-25-29-12-15-35-25/h2-9,12,15,17,28H,10-11,13-14H2,1H3,(H,29,30). The lowest BCUT2D eigenvalue weighted by Crippen LogP contribution is -2.40. The zero-order valence-electron chi connectivity index (χ0n) is 19.4. The maximum Gasteiger partial charge on any atom is 0.263 e. The largest absolute Gasteiger partial charge is 0.339 e. The molecule has 1 aliphatic heterocycles. The summed E-state index contributed by atoms with van der Waals surface area (Å²) >= 11 is 7.30. The van der Waals surface area contributed by atoms with Crippen LogP contribution >= 0.6 is 22.9 Å². The van der Waals surface area contributed by atoms with E-state index in [9.17, 15) is 17.6 Å². The van der Waals surface area contributed by atoms with Crippen molar-refractivity contribution in [2.24, 2.45) is 0 Å². The van der Waals surface area contributed by atoms with Gasteiger partial charge in [0.15, 0.2) is 5.13 Å². The number of piperidine rings is 1. The molecule has 2 heterocycles. The van der Waals surface area contributed by atoms with Crippen LogP contribution in [0, 0.1) is 11.2 Å². The number of halogens is 2. The minimum Gasteiger partial charge on any atom is -0.339 e. The summed E-state index contributed by atoms with van der Waals surface area (Å²) in [5.41, 5.74) is 0.765. The van der Waals surface area contributed by atoms with E-state index in [1.807, 2.05) is 0 Å². The van der Waals surface area contributed by atoms with Crippen molar-refractivity contribution in [1.82, 2.24) is 9.88 Å². The van der Waals surface area contributed by atoms with Gasteiger partial charge in [-0.15, -0.1) is 11.3 Å². The van der Waals surface area contributed by atoms with Gasteiger partial charge in [-0.2, -0.15) is 0 Å². The molecule has 3 aromatic rings. The van der Waals surface area contributed by atoms with Gasteiger partial charge < -0.3 is 4.90 Å². The number of carbonyl (C=O) groups excluding carboxylic acids is 1. The Morgan fingerprint density at radius 3 is 2.50 bits per heavy atom. The van der Waals surface area contributed by atoms with E-state index in [-0.39, 0.29) is 38.6 Å². The zero-order valence-corrected chi connectivity index (χ0v) is 21.8. The molecule has 0 saturated carbocycles. The summed E-state index contributed by atoms with van der Waals surface area (Å²) in [4.78, 5) is 18.9. The van der Waals surface area contributed by atoms with Crippen LogP contribution in [0.2, 0.25) is 5.02 Å². The van der Waals surface area contributed by atoms with E-state index in [2.05, 4.69) is 9.71 Å². The molecule has 1 fully saturated rings. The molecule has 36 heavy (non-hydrogen) atoms. The van der Waals surface area contributed by atoms with Gasteiger partial charge in [0.25, 0.3) is 15.9 Å². The quantitative estimate of drug-likeness (QED) is 0.303. The number of thiazole rings is 1. The molecule has 1 aromatic heterocycles. The first-order valence-corrected chi connectivity index (χ1v) is 14.0. The number of aromatic nitrogens is 1. The lowest BCUT2D eigenvalue weighted by Gasteiger charge is -2.33. The molecule has 4 rings (SSSR count). The van der Waals surface area contributed by atoms with E-state index in [1.165, 1.54) is 41.8 Å². The minimum absolute atomic E-state index is 0.0816. The lowest BCUT2D eigenvalue weighted by molar-refractivity contribution is -0.127. The molecule has 0 bridgehead atoms. The van der Waals surface area contributed by atoms with Crippen LogP contribution in [0.25, 0.3) is 0 Å². The fourth-order valence-corrected chi connectivity index (χ4v) is 6.25. The highest BCUT2D eigenvalue weighted by atomic mass is 35.5. The Kier molecular flexibility index (Phi) is 7.87. The smallest absolute Gasteiger partial charge is 0.263 e. The van der Waals surface area contributed by atoms with Crippen LogP contribution in [0.4, 0.5) is 9.52 Å². The molecule has 0 atom stereocenters. The Bertz CT molecular complexity index is 1380. The van der Waals surface area contributed by atoms with Crippen molar-refractivity contribution in [2.75, 3.05) is 17.8 Å². The third-order valence-corrected chi connectivity index (χ3v) is 8.59. The monoisotopic (exact) mass is 546 g/mol. The van der Waals surface area contributed by atoms with Crippen molar-refractivity contribution in [3.05, 3.63) is 87.7 Å². The highest BCUT2D eigenvalue weighted by Crippen LogP contribution is 2.30. The molecule has 0 spiro atoms. The SMILES string of the molecule is CC=C(C(=N)c1c(F)cccc1Cl)C(=O)N1CCC(c2ccc(S(=O)(=O)Nc3nccs3)cc2)CC1. The first kappa shape index (κ1) is 26.0. The Morgan fingerprint density at radius 2 is 1.92 bits per heavy atom. The Hall–Kier alpha value is -3.08. The Labute approximate surface area is 218 Å². The van der Waals surface area contributed by atoms with Crippen LogP contribution < -0.4 is 4.72 Å². The van der Waals surface area contributed by atoms with Crippen molar-refractivity contribution in [2.45, 2.75) is 30.6 Å². The molecule has 0 aliphatic carbocycles. The highest BCUT2D eigenvalue weighted by Gasteiger charge is 2.29. The number of likely N-dealkylation sites (tertiary alicyclic amines) is 1. The van der Waals surface area contributed by atoms with Gasteiger partial charge in [-0.05, 0) is 55.5 Å². The number of benzene rings is 2. The van der Waals surface area contributed by atoms with E-state index in [4.69, 9.17) is 17.0 Å². The summed E-state index contributed by atoms with van der Waals surface area (Å²) < 4.78 is 41.9. The maximum atomic E-state index is 14.3. The van der Waals surface area contributed by atoms with E-state index >= 15 is 0 Å². The molecule has 0 unspecified atom stereocenters. The minimum atomic E-state index is -3.72. The number of sulfonamides is 1. The molecule has 2 aromatic carbocycles. The van der Waals surface area contributed by atoms with Crippen LogP contribution in [-0.2, 0) is 14.8 Å². The van der Waals surface area contributed by atoms with Crippen LogP contribution in [0.5, 0.6) is 0 Å². The molecule has 1 amide bonds. The number of carbonyl (C=O) groups is 1. The number of hydrogen-bond donors (Lipinski definition) is 2. The molecule has 7 nitrogen and oxygen atoms in total. The van der Waals surface area contributed by atoms with Crippen LogP contribution in [-0.4, -0.2) is 43.0 Å². The van der Waals surface area contributed by atoms with Crippen LogP contribution in [0.15, 0.2) is 70.6 Å². The van der Waals surface area contributed by atoms with Gasteiger partial charge in [-0.3, -0.25) is 14.9 Å². The number of nitrogens with one attached hydrogen (secondary N) is 2. The van der Waals surface area contributed by atoms with Crippen molar-refractivity contribution in [3.63, 3.8) is 0 Å². The fourth-order valence-electron chi connectivity index (χ4n) is 4.20. The van der Waals surface area contributed by atoms with Gasteiger partial charge in [-0.25, -0.2) is 17.8 Å². The predicted octanol–water partition coefficient (Wildman–Crippen LogP) is 5.46. The first-order valence-electron chi connectivity index (χ1n) is 11.2. The third-order valence-electron chi connectivity index (χ3n) is 6.10. The van der Waals surface area contributed by atoms with Crippen molar-refractivity contribution in [3.8, 4) is 0 Å². The molecule has 11 heteroatoms. The van der Waals surface area contributed by atoms with Crippen molar-refractivity contribution in [1.29, 1.82) is 5.41 Å². The second kappa shape index (κ2) is 10.9. The number of amides is 1. The van der Waals surface area contributed by atoms with Gasteiger partial charge >= 0.3 is 0 Å². The normalized spacial score (nSPS) is 15.1. The summed E-state index contributed by atoms with van der Waals surface area (Å²) in [6, 6.07) is 10.9. The lowest BCUT2D eigenvalue weighted by atomic mass is 9.89. The zero-order chi connectivity index (χ0) is 25.9. The average molecular weight is 547 g/mol. The van der Waals surface area contributed by atoms with E-state index in [1.54, 1.807) is 41.5 Å². The van der Waals surface area contributed by atoms with Crippen LogP contribution in [0.1, 0.15) is 36.8 Å². The second-order valence-corrected chi connectivity index (χ2v) is 11.2. The van der Waals surface area contributed by atoms with Gasteiger partial charge in [-0.1, -0.05) is 35.9 Å². The number of allylic oxidation sites excluding steroid dienone is 1. The van der Waals surface area contributed by atoms with Gasteiger partial charge in [0.05, 0.1) is 26.8 Å². The third kappa shape index (κ3) is 5.50. The number of rotatable bonds is 7. The Balaban J connectivity index is 1.40. The van der Waals surface area contributed by atoms with Crippen molar-refractivity contribution >= 4 is 49.7 Å². The summed E-state index contributed by atoms with van der Waals surface area (Å²) in [7, 11) is -3.72. The topological polar surface area (TPSA) is 103 Å². The van der Waals surface area contributed by atoms with E-state index in [0.29, 0.717) is 31.1 Å². The molecule has 188 valence electrons. The predicted molar refractivity (Wildman–Crippen MR) is 140 cm³/mol. The number of anilines is 1. The number of nitrogens with zero attached hydrogens (tertiary/aromatic N) is 2. The molecule has 1 aliphatic rings. The van der Waals surface area contributed by atoms with E-state index in [0.717, 1.165) is 5.56 Å². The summed E-state index contributed by atoms with van der Waals surface area (Å²) in [5, 5.41) is 10.5. The molecule has 1 saturated heterocycles. The van der Waals surface area contributed by atoms with Gasteiger partial charge in [0.2, 0.25) is 0 Å². The van der Waals surface area contributed by atoms with Gasteiger partial charge in [0.1, 0.15) is 5.82 Å². The second-order valence-electron chi connectivity index (χ2n) is 8.25. The number of hydrogen-bond acceptors (Lipinski definition) is 6. The summed E-state index contributed by atoms with van der Waals surface area (Å²) in [6.45, 7) is 2.57.